The molecule has 4 unspecified atom stereocenters. The zero-order valence-corrected chi connectivity index (χ0v) is 10.4. The molecule has 0 amide bonds. The Morgan fingerprint density at radius 2 is 1.18 bits per heavy atom. The van der Waals surface area contributed by atoms with E-state index in [1.807, 2.05) is 0 Å². The van der Waals surface area contributed by atoms with Crippen molar-refractivity contribution in [2.45, 2.75) is 82.1 Å². The van der Waals surface area contributed by atoms with Crippen molar-refractivity contribution in [1.82, 2.24) is 0 Å². The maximum Gasteiger partial charge on any atom is 0.284 e. The number of hydrogen-bond donors (Lipinski definition) is 0. The largest absolute Gasteiger partial charge is 0.324 e. The van der Waals surface area contributed by atoms with Gasteiger partial charge in [0.05, 0.1) is 18.3 Å². The van der Waals surface area contributed by atoms with Crippen molar-refractivity contribution in [3.8, 4) is 0 Å². The van der Waals surface area contributed by atoms with E-state index in [9.17, 15) is 0 Å². The molecule has 2 saturated heterocycles. The Hall–Kier alpha value is -0.120. The van der Waals surface area contributed by atoms with Crippen molar-refractivity contribution < 1.29 is 14.2 Å². The van der Waals surface area contributed by atoms with Crippen LogP contribution < -0.4 is 0 Å². The average molecular weight is 238 g/mol. The number of hydrogen-bond acceptors (Lipinski definition) is 3. The normalized spacial score (nSPS) is 53.6. The first-order valence-corrected chi connectivity index (χ1v) is 7.38. The zero-order chi connectivity index (χ0) is 11.3. The molecule has 1 spiro atoms. The standard InChI is InChI=1S/C14H22O3/c1-2-6-11-10(5-1)9-14(15-11)16-12-7-3-4-8-13(12)17-14/h10-13H,1-9H2. The van der Waals surface area contributed by atoms with Gasteiger partial charge in [-0.1, -0.05) is 25.7 Å². The molecular formula is C14H22O3. The van der Waals surface area contributed by atoms with Gasteiger partial charge in [-0.25, -0.2) is 0 Å². The van der Waals surface area contributed by atoms with Crippen LogP contribution in [0.2, 0.25) is 0 Å². The van der Waals surface area contributed by atoms with Crippen molar-refractivity contribution in [3.63, 3.8) is 0 Å². The highest BCUT2D eigenvalue weighted by atomic mass is 16.9. The molecule has 3 heteroatoms. The van der Waals surface area contributed by atoms with Crippen molar-refractivity contribution >= 4 is 0 Å². The summed E-state index contributed by atoms with van der Waals surface area (Å²) in [6, 6.07) is 0. The van der Waals surface area contributed by atoms with Crippen LogP contribution in [0.25, 0.3) is 0 Å². The van der Waals surface area contributed by atoms with Gasteiger partial charge >= 0.3 is 0 Å². The molecule has 4 rings (SSSR count). The van der Waals surface area contributed by atoms with Crippen molar-refractivity contribution in [2.75, 3.05) is 0 Å². The highest BCUT2D eigenvalue weighted by molar-refractivity contribution is 4.92. The Balaban J connectivity index is 1.51. The molecule has 4 atom stereocenters. The molecule has 4 aliphatic rings. The summed E-state index contributed by atoms with van der Waals surface area (Å²) in [5.74, 6) is 0.0446. The molecule has 17 heavy (non-hydrogen) atoms. The summed E-state index contributed by atoms with van der Waals surface area (Å²) in [6.07, 6.45) is 12.1. The summed E-state index contributed by atoms with van der Waals surface area (Å²) in [6.45, 7) is 0. The molecule has 0 bridgehead atoms. The Morgan fingerprint density at radius 3 is 1.82 bits per heavy atom. The van der Waals surface area contributed by atoms with E-state index in [1.165, 1.54) is 38.5 Å². The predicted molar refractivity (Wildman–Crippen MR) is 62.4 cm³/mol. The SMILES string of the molecule is C1CCC2OC3(CC2C1)OC1CCCCC1O3. The lowest BCUT2D eigenvalue weighted by molar-refractivity contribution is -0.330. The van der Waals surface area contributed by atoms with Crippen LogP contribution >= 0.6 is 0 Å². The van der Waals surface area contributed by atoms with Gasteiger partial charge in [-0.2, -0.15) is 0 Å². The minimum atomic E-state index is -0.640. The quantitative estimate of drug-likeness (QED) is 0.649. The summed E-state index contributed by atoms with van der Waals surface area (Å²) in [4.78, 5) is 0. The minimum absolute atomic E-state index is 0.309. The third kappa shape index (κ3) is 1.74. The van der Waals surface area contributed by atoms with Crippen LogP contribution in [-0.4, -0.2) is 24.3 Å². The van der Waals surface area contributed by atoms with Crippen LogP contribution in [0.3, 0.4) is 0 Å². The first-order chi connectivity index (χ1) is 8.35. The smallest absolute Gasteiger partial charge is 0.284 e. The number of ether oxygens (including phenoxy) is 3. The van der Waals surface area contributed by atoms with Gasteiger partial charge in [0.15, 0.2) is 0 Å². The van der Waals surface area contributed by atoms with Crippen LogP contribution in [0, 0.1) is 5.92 Å². The fraction of sp³-hybridized carbons (Fsp3) is 1.00. The van der Waals surface area contributed by atoms with Crippen LogP contribution in [0.15, 0.2) is 0 Å². The van der Waals surface area contributed by atoms with E-state index in [4.69, 9.17) is 14.2 Å². The first kappa shape index (κ1) is 10.8. The van der Waals surface area contributed by atoms with E-state index in [2.05, 4.69) is 0 Å². The Morgan fingerprint density at radius 1 is 0.647 bits per heavy atom. The lowest BCUT2D eigenvalue weighted by Gasteiger charge is -2.24. The molecular weight excluding hydrogens is 216 g/mol. The molecule has 2 aliphatic carbocycles. The van der Waals surface area contributed by atoms with Gasteiger partial charge in [-0.15, -0.1) is 0 Å². The molecule has 4 fully saturated rings. The molecule has 2 heterocycles. The van der Waals surface area contributed by atoms with Crippen molar-refractivity contribution in [3.05, 3.63) is 0 Å². The molecule has 0 radical (unpaired) electrons. The highest BCUT2D eigenvalue weighted by Crippen LogP contribution is 2.49. The fourth-order valence-electron chi connectivity index (χ4n) is 4.14. The third-order valence-corrected chi connectivity index (χ3v) is 4.99. The fourth-order valence-corrected chi connectivity index (χ4v) is 4.14. The van der Waals surface area contributed by atoms with Gasteiger partial charge in [0.1, 0.15) is 0 Å². The molecule has 96 valence electrons. The lowest BCUT2D eigenvalue weighted by atomic mass is 9.86. The topological polar surface area (TPSA) is 27.7 Å². The maximum absolute atomic E-state index is 6.16. The van der Waals surface area contributed by atoms with Gasteiger partial charge in [0, 0.05) is 6.42 Å². The van der Waals surface area contributed by atoms with Crippen LogP contribution in [0.1, 0.15) is 57.8 Å². The van der Waals surface area contributed by atoms with E-state index in [1.54, 1.807) is 0 Å². The van der Waals surface area contributed by atoms with Crippen LogP contribution in [0.4, 0.5) is 0 Å². The van der Waals surface area contributed by atoms with E-state index in [-0.39, 0.29) is 0 Å². The van der Waals surface area contributed by atoms with Gasteiger partial charge in [-0.3, -0.25) is 0 Å². The molecule has 0 N–H and O–H groups in total. The Bertz CT molecular complexity index is 242. The summed E-state index contributed by atoms with van der Waals surface area (Å²) in [5, 5.41) is 0. The predicted octanol–water partition coefficient (Wildman–Crippen LogP) is 2.98. The highest BCUT2D eigenvalue weighted by Gasteiger charge is 2.56. The van der Waals surface area contributed by atoms with E-state index >= 15 is 0 Å². The van der Waals surface area contributed by atoms with Crippen molar-refractivity contribution in [2.24, 2.45) is 5.92 Å². The minimum Gasteiger partial charge on any atom is -0.324 e. The van der Waals surface area contributed by atoms with Gasteiger partial charge in [0.2, 0.25) is 0 Å². The summed E-state index contributed by atoms with van der Waals surface area (Å²) in [7, 11) is 0. The Kier molecular flexibility index (Phi) is 2.50. The summed E-state index contributed by atoms with van der Waals surface area (Å²) < 4.78 is 18.5. The summed E-state index contributed by atoms with van der Waals surface area (Å²) >= 11 is 0. The zero-order valence-electron chi connectivity index (χ0n) is 10.4. The lowest BCUT2D eigenvalue weighted by Crippen LogP contribution is -2.31. The van der Waals surface area contributed by atoms with Crippen molar-refractivity contribution in [1.29, 1.82) is 0 Å². The van der Waals surface area contributed by atoms with Crippen LogP contribution in [-0.2, 0) is 14.2 Å². The molecule has 0 aromatic carbocycles. The summed E-state index contributed by atoms with van der Waals surface area (Å²) in [5.41, 5.74) is 0. The second-order valence-corrected chi connectivity index (χ2v) is 6.19. The third-order valence-electron chi connectivity index (χ3n) is 4.99. The molecule has 0 aromatic heterocycles. The van der Waals surface area contributed by atoms with Gasteiger partial charge in [-0.05, 0) is 31.6 Å². The average Bonchev–Trinajstić information content (AvgIpc) is 2.87. The monoisotopic (exact) mass is 238 g/mol. The second-order valence-electron chi connectivity index (χ2n) is 6.19. The molecule has 2 saturated carbocycles. The van der Waals surface area contributed by atoms with E-state index < -0.39 is 5.97 Å². The second kappa shape index (κ2) is 3.94. The Labute approximate surface area is 103 Å². The molecule has 3 nitrogen and oxygen atoms in total. The number of rotatable bonds is 0. The molecule has 0 aromatic rings. The van der Waals surface area contributed by atoms with E-state index in [0.29, 0.717) is 24.2 Å². The maximum atomic E-state index is 6.16. The first-order valence-electron chi connectivity index (χ1n) is 7.38. The van der Waals surface area contributed by atoms with Gasteiger partial charge < -0.3 is 14.2 Å². The van der Waals surface area contributed by atoms with Gasteiger partial charge in [0.25, 0.3) is 5.97 Å². The molecule has 2 aliphatic heterocycles. The van der Waals surface area contributed by atoms with Crippen LogP contribution in [0.5, 0.6) is 0 Å². The van der Waals surface area contributed by atoms with E-state index in [0.717, 1.165) is 19.3 Å². The number of fused-ring (bicyclic) bond motifs is 2.